The van der Waals surface area contributed by atoms with Crippen LogP contribution in [0.2, 0.25) is 0 Å². The molecule has 1 N–H and O–H groups in total. The Balaban J connectivity index is 2.17. The van der Waals surface area contributed by atoms with Gasteiger partial charge in [0.05, 0.1) is 13.2 Å². The summed E-state index contributed by atoms with van der Waals surface area (Å²) in [5.74, 6) is 0.640. The molecule has 2 nitrogen and oxygen atoms in total. The molecule has 2 rings (SSSR count). The SMILES string of the molecule is CC(C)C1(C2(CO)CC2)COC1. The van der Waals surface area contributed by atoms with E-state index in [2.05, 4.69) is 13.8 Å². The minimum atomic E-state index is 0.236. The van der Waals surface area contributed by atoms with Crippen molar-refractivity contribution in [3.8, 4) is 0 Å². The summed E-state index contributed by atoms with van der Waals surface area (Å²) in [5, 5.41) is 9.35. The standard InChI is InChI=1S/C10H18O2/c1-8(2)10(6-12-7-10)9(5-11)3-4-9/h8,11H,3-7H2,1-2H3. The largest absolute Gasteiger partial charge is 0.396 e. The van der Waals surface area contributed by atoms with E-state index in [4.69, 9.17) is 4.74 Å². The first-order chi connectivity index (χ1) is 5.67. The molecule has 0 amide bonds. The number of ether oxygens (including phenoxy) is 1. The third kappa shape index (κ3) is 0.826. The fourth-order valence-corrected chi connectivity index (χ4v) is 2.54. The third-order valence-corrected chi connectivity index (χ3v) is 4.04. The van der Waals surface area contributed by atoms with Crippen LogP contribution in [0.1, 0.15) is 26.7 Å². The molecule has 0 spiro atoms. The first kappa shape index (κ1) is 8.52. The average molecular weight is 170 g/mol. The van der Waals surface area contributed by atoms with E-state index in [0.29, 0.717) is 17.9 Å². The van der Waals surface area contributed by atoms with Gasteiger partial charge in [0.1, 0.15) is 0 Å². The van der Waals surface area contributed by atoms with Crippen molar-refractivity contribution in [2.75, 3.05) is 19.8 Å². The lowest BCUT2D eigenvalue weighted by Crippen LogP contribution is -2.54. The maximum Gasteiger partial charge on any atom is 0.0553 e. The predicted molar refractivity (Wildman–Crippen MR) is 46.8 cm³/mol. The van der Waals surface area contributed by atoms with Crippen molar-refractivity contribution in [1.29, 1.82) is 0 Å². The Bertz CT molecular complexity index is 178. The molecule has 2 heteroatoms. The van der Waals surface area contributed by atoms with Crippen LogP contribution in [0.25, 0.3) is 0 Å². The van der Waals surface area contributed by atoms with E-state index < -0.39 is 0 Å². The van der Waals surface area contributed by atoms with Crippen LogP contribution in [0.5, 0.6) is 0 Å². The van der Waals surface area contributed by atoms with Crippen molar-refractivity contribution in [2.45, 2.75) is 26.7 Å². The average Bonchev–Trinajstić information content (AvgIpc) is 2.66. The summed E-state index contributed by atoms with van der Waals surface area (Å²) in [6, 6.07) is 0. The van der Waals surface area contributed by atoms with Crippen LogP contribution in [0.15, 0.2) is 0 Å². The molecule has 1 heterocycles. The van der Waals surface area contributed by atoms with Crippen molar-refractivity contribution in [1.82, 2.24) is 0 Å². The fourth-order valence-electron chi connectivity index (χ4n) is 2.54. The Kier molecular flexibility index (Phi) is 1.74. The van der Waals surface area contributed by atoms with Crippen LogP contribution in [0.4, 0.5) is 0 Å². The van der Waals surface area contributed by atoms with Crippen LogP contribution in [0, 0.1) is 16.7 Å². The summed E-state index contributed by atoms with van der Waals surface area (Å²) in [6.45, 7) is 6.58. The smallest absolute Gasteiger partial charge is 0.0553 e. The van der Waals surface area contributed by atoms with Crippen LogP contribution >= 0.6 is 0 Å². The highest BCUT2D eigenvalue weighted by Gasteiger charge is 2.63. The second kappa shape index (κ2) is 2.46. The summed E-state index contributed by atoms with van der Waals surface area (Å²) in [4.78, 5) is 0. The first-order valence-electron chi connectivity index (χ1n) is 4.85. The molecule has 2 fully saturated rings. The van der Waals surface area contributed by atoms with Crippen LogP contribution in [0.3, 0.4) is 0 Å². The summed E-state index contributed by atoms with van der Waals surface area (Å²) < 4.78 is 5.32. The lowest BCUT2D eigenvalue weighted by Gasteiger charge is -2.50. The van der Waals surface area contributed by atoms with Crippen LogP contribution < -0.4 is 0 Å². The van der Waals surface area contributed by atoms with E-state index in [-0.39, 0.29) is 5.41 Å². The van der Waals surface area contributed by atoms with Gasteiger partial charge in [-0.15, -0.1) is 0 Å². The topological polar surface area (TPSA) is 29.5 Å². The highest BCUT2D eigenvalue weighted by Crippen LogP contribution is 2.64. The van der Waals surface area contributed by atoms with Gasteiger partial charge >= 0.3 is 0 Å². The summed E-state index contributed by atoms with van der Waals surface area (Å²) in [7, 11) is 0. The number of hydrogen-bond donors (Lipinski definition) is 1. The molecule has 0 aromatic carbocycles. The zero-order valence-corrected chi connectivity index (χ0v) is 7.97. The molecule has 1 aliphatic carbocycles. The molecule has 0 unspecified atom stereocenters. The second-order valence-electron chi connectivity index (χ2n) is 4.74. The van der Waals surface area contributed by atoms with Gasteiger partial charge in [-0.25, -0.2) is 0 Å². The zero-order chi connectivity index (χ0) is 8.82. The van der Waals surface area contributed by atoms with Crippen molar-refractivity contribution < 1.29 is 9.84 Å². The predicted octanol–water partition coefficient (Wildman–Crippen LogP) is 1.43. The lowest BCUT2D eigenvalue weighted by molar-refractivity contribution is -0.189. The molecular weight excluding hydrogens is 152 g/mol. The number of rotatable bonds is 3. The molecule has 0 aromatic heterocycles. The van der Waals surface area contributed by atoms with E-state index >= 15 is 0 Å². The van der Waals surface area contributed by atoms with Gasteiger partial charge in [0, 0.05) is 17.4 Å². The summed E-state index contributed by atoms with van der Waals surface area (Å²) in [6.07, 6.45) is 2.40. The van der Waals surface area contributed by atoms with Crippen molar-refractivity contribution in [3.63, 3.8) is 0 Å². The Morgan fingerprint density at radius 1 is 1.33 bits per heavy atom. The molecule has 2 aliphatic rings. The van der Waals surface area contributed by atoms with Crippen molar-refractivity contribution >= 4 is 0 Å². The van der Waals surface area contributed by atoms with E-state index in [0.717, 1.165) is 13.2 Å². The highest BCUT2D eigenvalue weighted by molar-refractivity contribution is 5.11. The lowest BCUT2D eigenvalue weighted by atomic mass is 9.64. The second-order valence-corrected chi connectivity index (χ2v) is 4.74. The molecule has 0 aromatic rings. The minimum absolute atomic E-state index is 0.236. The normalized spacial score (nSPS) is 30.0. The molecule has 0 atom stereocenters. The molecule has 1 saturated heterocycles. The molecule has 1 aliphatic heterocycles. The number of hydrogen-bond acceptors (Lipinski definition) is 2. The molecule has 0 radical (unpaired) electrons. The van der Waals surface area contributed by atoms with Gasteiger partial charge < -0.3 is 9.84 Å². The van der Waals surface area contributed by atoms with Gasteiger partial charge in [0.15, 0.2) is 0 Å². The first-order valence-corrected chi connectivity index (χ1v) is 4.85. The van der Waals surface area contributed by atoms with Gasteiger partial charge in [-0.05, 0) is 18.8 Å². The van der Waals surface area contributed by atoms with Crippen LogP contribution in [-0.4, -0.2) is 24.9 Å². The molecular formula is C10H18O2. The fraction of sp³-hybridized carbons (Fsp3) is 1.00. The number of aliphatic hydroxyl groups excluding tert-OH is 1. The summed E-state index contributed by atoms with van der Waals surface area (Å²) in [5.41, 5.74) is 0.543. The van der Waals surface area contributed by atoms with Gasteiger partial charge in [-0.1, -0.05) is 13.8 Å². The Labute approximate surface area is 73.9 Å². The third-order valence-electron chi connectivity index (χ3n) is 4.04. The van der Waals surface area contributed by atoms with Gasteiger partial charge in [-0.2, -0.15) is 0 Å². The molecule has 12 heavy (non-hydrogen) atoms. The monoisotopic (exact) mass is 170 g/mol. The molecule has 1 saturated carbocycles. The maximum atomic E-state index is 9.35. The highest BCUT2D eigenvalue weighted by atomic mass is 16.5. The minimum Gasteiger partial charge on any atom is -0.396 e. The van der Waals surface area contributed by atoms with Gasteiger partial charge in [-0.3, -0.25) is 0 Å². The van der Waals surface area contributed by atoms with E-state index in [1.54, 1.807) is 0 Å². The van der Waals surface area contributed by atoms with Gasteiger partial charge in [0.2, 0.25) is 0 Å². The maximum absolute atomic E-state index is 9.35. The van der Waals surface area contributed by atoms with Crippen molar-refractivity contribution in [2.24, 2.45) is 16.7 Å². The number of aliphatic hydroxyl groups is 1. The molecule has 0 bridgehead atoms. The van der Waals surface area contributed by atoms with E-state index in [1.165, 1.54) is 12.8 Å². The zero-order valence-electron chi connectivity index (χ0n) is 7.97. The van der Waals surface area contributed by atoms with Crippen LogP contribution in [-0.2, 0) is 4.74 Å². The quantitative estimate of drug-likeness (QED) is 0.694. The summed E-state index contributed by atoms with van der Waals surface area (Å²) >= 11 is 0. The van der Waals surface area contributed by atoms with E-state index in [9.17, 15) is 5.11 Å². The Hall–Kier alpha value is -0.0800. The van der Waals surface area contributed by atoms with E-state index in [1.807, 2.05) is 0 Å². The van der Waals surface area contributed by atoms with Gasteiger partial charge in [0.25, 0.3) is 0 Å². The Morgan fingerprint density at radius 2 is 1.92 bits per heavy atom. The molecule has 70 valence electrons. The van der Waals surface area contributed by atoms with Crippen molar-refractivity contribution in [3.05, 3.63) is 0 Å². The Morgan fingerprint density at radius 3 is 2.00 bits per heavy atom.